The molecule has 1 heterocycles. The zero-order chi connectivity index (χ0) is 14.1. The summed E-state index contributed by atoms with van der Waals surface area (Å²) >= 11 is 3.17. The second-order valence-electron chi connectivity index (χ2n) is 4.10. The Morgan fingerprint density at radius 2 is 2.37 bits per heavy atom. The van der Waals surface area contributed by atoms with Gasteiger partial charge in [-0.05, 0) is 37.5 Å². The molecule has 0 aliphatic carbocycles. The van der Waals surface area contributed by atoms with Gasteiger partial charge in [-0.1, -0.05) is 11.8 Å². The largest absolute Gasteiger partial charge is 0.395 e. The highest BCUT2D eigenvalue weighted by Crippen LogP contribution is 2.15. The minimum absolute atomic E-state index is 0.0335. The van der Waals surface area contributed by atoms with E-state index in [1.54, 1.807) is 17.8 Å². The van der Waals surface area contributed by atoms with Crippen LogP contribution in [0.3, 0.4) is 0 Å². The summed E-state index contributed by atoms with van der Waals surface area (Å²) in [5.74, 6) is 6.79. The number of hydrogen-bond donors (Lipinski definition) is 2. The molecule has 1 amide bonds. The second kappa shape index (κ2) is 9.03. The lowest BCUT2D eigenvalue weighted by molar-refractivity contribution is 0.0943. The van der Waals surface area contributed by atoms with Crippen LogP contribution in [0.15, 0.2) is 12.1 Å². The van der Waals surface area contributed by atoms with Gasteiger partial charge in [-0.3, -0.25) is 4.79 Å². The number of aliphatic hydroxyl groups is 1. The Morgan fingerprint density at radius 1 is 1.58 bits per heavy atom. The summed E-state index contributed by atoms with van der Waals surface area (Å²) in [5.41, 5.74) is 0. The molecule has 0 aromatic carbocycles. The van der Waals surface area contributed by atoms with Crippen LogP contribution in [0.25, 0.3) is 0 Å². The van der Waals surface area contributed by atoms with Gasteiger partial charge >= 0.3 is 0 Å². The summed E-state index contributed by atoms with van der Waals surface area (Å²) in [4.78, 5) is 13.5. The molecule has 1 rings (SSSR count). The molecule has 104 valence electrons. The van der Waals surface area contributed by atoms with E-state index < -0.39 is 0 Å². The van der Waals surface area contributed by atoms with Crippen molar-refractivity contribution in [3.63, 3.8) is 0 Å². The van der Waals surface area contributed by atoms with E-state index in [2.05, 4.69) is 23.4 Å². The summed E-state index contributed by atoms with van der Waals surface area (Å²) in [6, 6.07) is 3.83. The van der Waals surface area contributed by atoms with Crippen molar-refractivity contribution in [2.45, 2.75) is 25.8 Å². The number of carbonyl (C=O) groups excluding carboxylic acids is 1. The highest BCUT2D eigenvalue weighted by Gasteiger charge is 2.11. The summed E-state index contributed by atoms with van der Waals surface area (Å²) in [6.07, 6.45) is 3.50. The number of amides is 1. The van der Waals surface area contributed by atoms with Gasteiger partial charge < -0.3 is 10.4 Å². The van der Waals surface area contributed by atoms with E-state index >= 15 is 0 Å². The molecule has 0 aliphatic heterocycles. The van der Waals surface area contributed by atoms with Crippen LogP contribution in [0.5, 0.6) is 0 Å². The van der Waals surface area contributed by atoms with Gasteiger partial charge in [-0.25, -0.2) is 0 Å². The first-order valence-corrected chi connectivity index (χ1v) is 8.37. The predicted octanol–water partition coefficient (Wildman–Crippen LogP) is 2.35. The molecule has 0 spiro atoms. The summed E-state index contributed by atoms with van der Waals surface area (Å²) < 4.78 is 0. The smallest absolute Gasteiger partial charge is 0.261 e. The van der Waals surface area contributed by atoms with Crippen LogP contribution >= 0.6 is 23.1 Å². The van der Waals surface area contributed by atoms with E-state index in [1.807, 2.05) is 13.0 Å². The lowest BCUT2D eigenvalue weighted by Crippen LogP contribution is -2.32. The molecule has 0 radical (unpaired) electrons. The molecular weight excluding hydrogens is 278 g/mol. The number of aliphatic hydroxyl groups excluding tert-OH is 1. The van der Waals surface area contributed by atoms with Crippen LogP contribution < -0.4 is 5.32 Å². The Bertz CT molecular complexity index is 460. The van der Waals surface area contributed by atoms with Gasteiger partial charge in [0.2, 0.25) is 0 Å². The average molecular weight is 297 g/mol. The van der Waals surface area contributed by atoms with Crippen LogP contribution in [0.1, 0.15) is 34.3 Å². The van der Waals surface area contributed by atoms with Gasteiger partial charge in [0, 0.05) is 12.5 Å². The maximum atomic E-state index is 12.0. The Labute approximate surface area is 122 Å². The number of nitrogens with one attached hydrogen (secondary N) is 1. The van der Waals surface area contributed by atoms with Gasteiger partial charge in [0.05, 0.1) is 16.4 Å². The van der Waals surface area contributed by atoms with Crippen molar-refractivity contribution >= 4 is 29.0 Å². The maximum Gasteiger partial charge on any atom is 0.261 e. The van der Waals surface area contributed by atoms with Crippen molar-refractivity contribution in [3.8, 4) is 11.8 Å². The van der Waals surface area contributed by atoms with E-state index in [0.717, 1.165) is 17.1 Å². The third-order valence-electron chi connectivity index (χ3n) is 2.41. The fourth-order valence-corrected chi connectivity index (χ4v) is 2.77. The third-order valence-corrected chi connectivity index (χ3v) is 4.05. The van der Waals surface area contributed by atoms with Crippen LogP contribution in [-0.2, 0) is 0 Å². The molecule has 19 heavy (non-hydrogen) atoms. The fraction of sp³-hybridized carbons (Fsp3) is 0.500. The van der Waals surface area contributed by atoms with Gasteiger partial charge in [-0.15, -0.1) is 11.3 Å². The van der Waals surface area contributed by atoms with Crippen molar-refractivity contribution < 1.29 is 9.90 Å². The van der Waals surface area contributed by atoms with Crippen molar-refractivity contribution in [1.82, 2.24) is 5.32 Å². The van der Waals surface area contributed by atoms with Gasteiger partial charge in [-0.2, -0.15) is 11.8 Å². The molecular formula is C14H19NO2S2. The van der Waals surface area contributed by atoms with E-state index in [1.165, 1.54) is 11.3 Å². The average Bonchev–Trinajstić information content (AvgIpc) is 2.85. The first-order chi connectivity index (χ1) is 9.17. The van der Waals surface area contributed by atoms with Crippen molar-refractivity contribution in [1.29, 1.82) is 0 Å². The number of thiophene rings is 1. The molecule has 1 atom stereocenters. The molecule has 0 saturated carbocycles. The number of carbonyl (C=O) groups is 1. The molecule has 5 heteroatoms. The molecule has 1 unspecified atom stereocenters. The van der Waals surface area contributed by atoms with Crippen molar-refractivity contribution in [2.75, 3.05) is 18.6 Å². The molecule has 0 aliphatic rings. The minimum atomic E-state index is -0.0335. The first-order valence-electron chi connectivity index (χ1n) is 6.16. The van der Waals surface area contributed by atoms with Crippen molar-refractivity contribution in [3.05, 3.63) is 21.9 Å². The summed E-state index contributed by atoms with van der Waals surface area (Å²) in [5, 5.41) is 11.6. The lowest BCUT2D eigenvalue weighted by Gasteiger charge is -2.11. The predicted molar refractivity (Wildman–Crippen MR) is 82.8 cm³/mol. The highest BCUT2D eigenvalue weighted by atomic mass is 32.2. The molecule has 0 bridgehead atoms. The monoisotopic (exact) mass is 297 g/mol. The Balaban J connectivity index is 2.52. The Hall–Kier alpha value is -0.960. The number of thioether (sulfide) groups is 1. The number of hydrogen-bond acceptors (Lipinski definition) is 4. The summed E-state index contributed by atoms with van der Waals surface area (Å²) in [6.45, 7) is 2.09. The van der Waals surface area contributed by atoms with Crippen LogP contribution in [0, 0.1) is 11.8 Å². The number of rotatable bonds is 6. The van der Waals surface area contributed by atoms with E-state index in [4.69, 9.17) is 5.11 Å². The quantitative estimate of drug-likeness (QED) is 0.793. The second-order valence-corrected chi connectivity index (χ2v) is 6.16. The van der Waals surface area contributed by atoms with Crippen LogP contribution in [-0.4, -0.2) is 35.7 Å². The van der Waals surface area contributed by atoms with Crippen LogP contribution in [0.2, 0.25) is 0 Å². The van der Waals surface area contributed by atoms with Gasteiger partial charge in [0.25, 0.3) is 5.91 Å². The normalized spacial score (nSPS) is 11.5. The van der Waals surface area contributed by atoms with E-state index in [0.29, 0.717) is 11.3 Å². The topological polar surface area (TPSA) is 49.3 Å². The molecule has 2 N–H and O–H groups in total. The molecule has 0 saturated heterocycles. The highest BCUT2D eigenvalue weighted by molar-refractivity contribution is 7.98. The molecule has 1 aromatic heterocycles. The van der Waals surface area contributed by atoms with Crippen molar-refractivity contribution in [2.24, 2.45) is 0 Å². The third kappa shape index (κ3) is 6.15. The van der Waals surface area contributed by atoms with Gasteiger partial charge in [0.1, 0.15) is 0 Å². The fourth-order valence-electron chi connectivity index (χ4n) is 1.39. The zero-order valence-corrected chi connectivity index (χ0v) is 12.9. The standard InChI is InChI=1S/C14H19NO2S2/c1-11(8-10-18-2)15-14(17)13-7-6-12(19-13)5-3-4-9-16/h6-7,11,16H,4,8-10H2,1-2H3,(H,15,17). The zero-order valence-electron chi connectivity index (χ0n) is 11.2. The summed E-state index contributed by atoms with van der Waals surface area (Å²) in [7, 11) is 0. The Kier molecular flexibility index (Phi) is 7.65. The van der Waals surface area contributed by atoms with Gasteiger partial charge in [0.15, 0.2) is 0 Å². The molecule has 3 nitrogen and oxygen atoms in total. The molecule has 1 aromatic rings. The lowest BCUT2D eigenvalue weighted by atomic mass is 10.2. The van der Waals surface area contributed by atoms with E-state index in [-0.39, 0.29) is 18.6 Å². The minimum Gasteiger partial charge on any atom is -0.395 e. The Morgan fingerprint density at radius 3 is 3.05 bits per heavy atom. The van der Waals surface area contributed by atoms with E-state index in [9.17, 15) is 4.79 Å². The molecule has 0 fully saturated rings. The SMILES string of the molecule is CSCCC(C)NC(=O)c1ccc(C#CCCO)s1. The van der Waals surface area contributed by atoms with Crippen LogP contribution in [0.4, 0.5) is 0 Å². The first kappa shape index (κ1) is 16.1. The maximum absolute atomic E-state index is 12.0.